The summed E-state index contributed by atoms with van der Waals surface area (Å²) in [5.41, 5.74) is -5.00. The van der Waals surface area contributed by atoms with Crippen LogP contribution in [0, 0.1) is 21.7 Å². The van der Waals surface area contributed by atoms with Crippen LogP contribution in [-0.4, -0.2) is 116 Å². The van der Waals surface area contributed by atoms with Crippen molar-refractivity contribution in [3.63, 3.8) is 0 Å². The van der Waals surface area contributed by atoms with Crippen LogP contribution >= 0.6 is 0 Å². The zero-order valence-corrected chi connectivity index (χ0v) is 44.4. The predicted molar refractivity (Wildman–Crippen MR) is 204 cm³/mol. The second-order valence-electron chi connectivity index (χ2n) is 19.2. The fourth-order valence-electron chi connectivity index (χ4n) is 3.06. The maximum Gasteiger partial charge on any atom is 0.460 e. The fourth-order valence-corrected chi connectivity index (χ4v) is 3.06. The molecular weight excluding hydrogens is 1320 g/mol. The normalized spacial score (nSPS) is 15.4. The van der Waals surface area contributed by atoms with E-state index in [1.54, 1.807) is 0 Å². The van der Waals surface area contributed by atoms with E-state index in [4.69, 9.17) is 20.4 Å². The monoisotopic (exact) mass is 1360 g/mol. The van der Waals surface area contributed by atoms with Gasteiger partial charge in [0.25, 0.3) is 0 Å². The Bertz CT molecular complexity index is 1860. The average molecular weight is 1360 g/mol. The number of aliphatic hydroxyl groups excluding tert-OH is 4. The van der Waals surface area contributed by atoms with E-state index in [9.17, 15) is 142 Å². The molecule has 0 aliphatic heterocycles. The van der Waals surface area contributed by atoms with E-state index in [2.05, 4.69) is 0 Å². The van der Waals surface area contributed by atoms with Gasteiger partial charge in [0.05, 0.1) is 0 Å². The molecule has 0 aromatic rings. The molecular formula is C40H44F28HfO8. The van der Waals surface area contributed by atoms with Crippen molar-refractivity contribution >= 4 is 23.1 Å². The molecule has 0 aliphatic rings. The van der Waals surface area contributed by atoms with Crippen molar-refractivity contribution in [1.29, 1.82) is 0 Å². The molecule has 0 unspecified atom stereocenters. The number of ketones is 4. The van der Waals surface area contributed by atoms with Crippen LogP contribution in [0.1, 0.15) is 83.1 Å². The molecule has 0 radical (unpaired) electrons. The van der Waals surface area contributed by atoms with Gasteiger partial charge < -0.3 is 20.4 Å². The van der Waals surface area contributed by atoms with E-state index >= 15 is 0 Å². The molecule has 452 valence electrons. The van der Waals surface area contributed by atoms with Gasteiger partial charge in [-0.3, -0.25) is 19.2 Å². The molecule has 77 heavy (non-hydrogen) atoms. The van der Waals surface area contributed by atoms with Crippen LogP contribution < -0.4 is 0 Å². The topological polar surface area (TPSA) is 149 Å². The van der Waals surface area contributed by atoms with Crippen molar-refractivity contribution in [3.8, 4) is 0 Å². The molecule has 0 atom stereocenters. The van der Waals surface area contributed by atoms with E-state index in [1.807, 2.05) is 0 Å². The van der Waals surface area contributed by atoms with E-state index in [1.165, 1.54) is 83.1 Å². The Morgan fingerprint density at radius 1 is 0.247 bits per heavy atom. The van der Waals surface area contributed by atoms with Gasteiger partial charge in [-0.05, 0) is 0 Å². The molecule has 0 aromatic carbocycles. The zero-order chi connectivity index (χ0) is 63.4. The Hall–Kier alpha value is -4.25. The average Bonchev–Trinajstić information content (AvgIpc) is 3.14. The Balaban J connectivity index is -0.000000298. The van der Waals surface area contributed by atoms with Crippen LogP contribution in [0.25, 0.3) is 0 Å². The van der Waals surface area contributed by atoms with Gasteiger partial charge in [0.1, 0.15) is 23.0 Å². The number of aliphatic hydroxyl groups is 4. The summed E-state index contributed by atoms with van der Waals surface area (Å²) in [6.45, 7) is 14.9. The van der Waals surface area contributed by atoms with Crippen LogP contribution in [0.4, 0.5) is 123 Å². The third-order valence-corrected chi connectivity index (χ3v) is 8.38. The van der Waals surface area contributed by atoms with Gasteiger partial charge >= 0.3 is 72.1 Å². The molecule has 37 heteroatoms. The van der Waals surface area contributed by atoms with Crippen molar-refractivity contribution < 1.29 is 188 Å². The number of carbonyl (C=O) groups is 4. The summed E-state index contributed by atoms with van der Waals surface area (Å²) in [6.07, 6.45) is -27.6. The summed E-state index contributed by atoms with van der Waals surface area (Å²) >= 11 is 0. The van der Waals surface area contributed by atoms with E-state index in [-0.39, 0.29) is 50.1 Å². The van der Waals surface area contributed by atoms with Crippen LogP contribution in [0.3, 0.4) is 0 Å². The number of carbonyl (C=O) groups excluding carboxylic acids is 4. The molecule has 0 fully saturated rings. The van der Waals surface area contributed by atoms with Crippen molar-refractivity contribution in [2.75, 3.05) is 0 Å². The van der Waals surface area contributed by atoms with Crippen molar-refractivity contribution in [3.05, 3.63) is 47.3 Å². The summed E-state index contributed by atoms with van der Waals surface area (Å²) in [5, 5.41) is 36.7. The summed E-state index contributed by atoms with van der Waals surface area (Å²) in [5.74, 6) is -65.5. The first-order chi connectivity index (χ1) is 32.2. The standard InChI is InChI=1S/4C10H11F7O2.Hf/c4*1-7(2,3)5(18)4-6(19)8(11,12)9(13,14)10(15,16)17;/h4*4,18H,1-3H3;/b4*5-4-;. The number of hydrogen-bond acceptors (Lipinski definition) is 8. The minimum absolute atomic E-state index is 0. The first kappa shape index (κ1) is 81.6. The smallest absolute Gasteiger partial charge is 0.460 e. The first-order valence-electron chi connectivity index (χ1n) is 19.3. The molecule has 4 N–H and O–H groups in total. The van der Waals surface area contributed by atoms with Crippen LogP contribution in [0.2, 0.25) is 0 Å². The van der Waals surface area contributed by atoms with Crippen molar-refractivity contribution in [2.24, 2.45) is 21.7 Å². The fraction of sp³-hybridized carbons (Fsp3) is 0.700. The SMILES string of the molecule is CC(C)(C)/C(O)=C/C(=O)C(F)(F)C(F)(F)C(F)(F)F.CC(C)(C)/C(O)=C/C(=O)C(F)(F)C(F)(F)C(F)(F)F.CC(C)(C)/C(O)=C/C(=O)C(F)(F)C(F)(F)C(F)(F)F.CC(C)(C)/C(O)=C/C(=O)C(F)(F)C(F)(F)C(F)(F)F.[Hf]. The third-order valence-electron chi connectivity index (χ3n) is 8.38. The van der Waals surface area contributed by atoms with Gasteiger partial charge in [0.15, 0.2) is 0 Å². The summed E-state index contributed by atoms with van der Waals surface area (Å²) < 4.78 is 344. The molecule has 0 amide bonds. The minimum Gasteiger partial charge on any atom is -0.512 e. The molecule has 0 saturated carbocycles. The Labute approximate surface area is 435 Å². The van der Waals surface area contributed by atoms with Crippen LogP contribution in [0.15, 0.2) is 47.3 Å². The van der Waals surface area contributed by atoms with Gasteiger partial charge in [0.2, 0.25) is 23.1 Å². The van der Waals surface area contributed by atoms with Gasteiger partial charge in [0, 0.05) is 71.8 Å². The van der Waals surface area contributed by atoms with E-state index in [0.29, 0.717) is 0 Å². The second-order valence-corrected chi connectivity index (χ2v) is 19.2. The van der Waals surface area contributed by atoms with Gasteiger partial charge in [-0.25, -0.2) is 0 Å². The number of rotatable bonds is 12. The molecule has 0 aliphatic carbocycles. The molecule has 0 spiro atoms. The number of hydrogen-bond donors (Lipinski definition) is 4. The minimum atomic E-state index is -6.59. The number of allylic oxidation sites excluding steroid dienone is 8. The van der Waals surface area contributed by atoms with E-state index in [0.717, 1.165) is 0 Å². The summed E-state index contributed by atoms with van der Waals surface area (Å²) in [6, 6.07) is 0. The molecule has 8 nitrogen and oxygen atoms in total. The number of alkyl halides is 28. The number of halogens is 28. The molecule has 0 saturated heterocycles. The summed E-state index contributed by atoms with van der Waals surface area (Å²) in [4.78, 5) is 43.4. The molecule has 0 bridgehead atoms. The molecule has 0 rings (SSSR count). The first-order valence-corrected chi connectivity index (χ1v) is 19.3. The van der Waals surface area contributed by atoms with Gasteiger partial charge in [-0.1, -0.05) is 83.1 Å². The van der Waals surface area contributed by atoms with Gasteiger partial charge in [-0.2, -0.15) is 123 Å². The van der Waals surface area contributed by atoms with Crippen LogP contribution in [-0.2, 0) is 45.0 Å². The third kappa shape index (κ3) is 20.1. The largest absolute Gasteiger partial charge is 0.512 e. The second kappa shape index (κ2) is 25.0. The summed E-state index contributed by atoms with van der Waals surface area (Å²) in [7, 11) is 0. The molecule has 0 heterocycles. The maximum atomic E-state index is 12.9. The van der Waals surface area contributed by atoms with E-state index < -0.39 is 140 Å². The Morgan fingerprint density at radius 2 is 0.338 bits per heavy atom. The quantitative estimate of drug-likeness (QED) is 0.0653. The predicted octanol–water partition coefficient (Wildman–Crippen LogP) is 15.5. The molecule has 0 aromatic heterocycles. The maximum absolute atomic E-state index is 12.9. The Morgan fingerprint density at radius 3 is 0.403 bits per heavy atom. The van der Waals surface area contributed by atoms with Crippen molar-refractivity contribution in [2.45, 2.75) is 155 Å². The zero-order valence-electron chi connectivity index (χ0n) is 40.8. The van der Waals surface area contributed by atoms with Gasteiger partial charge in [-0.15, -0.1) is 0 Å². The van der Waals surface area contributed by atoms with Crippen molar-refractivity contribution in [1.82, 2.24) is 0 Å². The van der Waals surface area contributed by atoms with Crippen LogP contribution in [0.5, 0.6) is 0 Å². The Kier molecular flexibility index (Phi) is 26.5.